The van der Waals surface area contributed by atoms with Gasteiger partial charge in [-0.3, -0.25) is 14.7 Å². The van der Waals surface area contributed by atoms with Crippen LogP contribution in [0.25, 0.3) is 5.65 Å². The molecule has 2 aromatic heterocycles. The highest BCUT2D eigenvalue weighted by Gasteiger charge is 2.30. The standard InChI is InChI=1S/C34H53ClN6O6S/c1-6-8-10-11-12-13-14-15-16-28(47-26-17-19-27(20-18-26)48(44,45)37-22-9-7-2)32(43)36-23-21-29(42)46-24-34(4,5)33-39-38-31-30(35)25(3)40-41(31)33/h17-20,28,37,40H,6-16,21-24H2,1-5H3,(H,36,43). The Balaban J connectivity index is 1.53. The lowest BCUT2D eigenvalue weighted by molar-refractivity contribution is -0.145. The van der Waals surface area contributed by atoms with Crippen molar-refractivity contribution in [2.45, 2.75) is 128 Å². The number of unbranched alkanes of at least 4 members (excludes halogenated alkanes) is 8. The SMILES string of the molecule is CCCCCCCCCCC(Oc1ccc(S(=O)(=O)NCCCC)cc1)C(=O)NCCC(=O)OCC(C)(C)c1nnc2c(Cl)c(C)[nH]n12. The molecule has 1 amide bonds. The molecule has 0 fully saturated rings. The van der Waals surface area contributed by atoms with E-state index in [-0.39, 0.29) is 30.4 Å². The van der Waals surface area contributed by atoms with Crippen molar-refractivity contribution in [3.63, 3.8) is 0 Å². The van der Waals surface area contributed by atoms with Crippen molar-refractivity contribution in [2.24, 2.45) is 0 Å². The lowest BCUT2D eigenvalue weighted by Gasteiger charge is -2.22. The minimum atomic E-state index is -3.62. The number of nitrogens with one attached hydrogen (secondary N) is 3. The highest BCUT2D eigenvalue weighted by Crippen LogP contribution is 2.27. The van der Waals surface area contributed by atoms with Gasteiger partial charge in [-0.2, -0.15) is 0 Å². The molecule has 48 heavy (non-hydrogen) atoms. The fraction of sp³-hybridized carbons (Fsp3) is 0.647. The maximum absolute atomic E-state index is 13.2. The average molecular weight is 709 g/mol. The molecule has 0 aliphatic rings. The van der Waals surface area contributed by atoms with Crippen LogP contribution >= 0.6 is 11.6 Å². The predicted molar refractivity (Wildman–Crippen MR) is 187 cm³/mol. The van der Waals surface area contributed by atoms with Crippen molar-refractivity contribution in [1.82, 2.24) is 29.9 Å². The Bertz CT molecular complexity index is 1550. The summed E-state index contributed by atoms with van der Waals surface area (Å²) >= 11 is 6.28. The maximum Gasteiger partial charge on any atom is 0.307 e. The lowest BCUT2D eigenvalue weighted by Crippen LogP contribution is -2.39. The Morgan fingerprint density at radius 1 is 0.958 bits per heavy atom. The topological polar surface area (TPSA) is 157 Å². The van der Waals surface area contributed by atoms with Gasteiger partial charge in [0, 0.05) is 13.1 Å². The molecule has 0 saturated carbocycles. The third-order valence-corrected chi connectivity index (χ3v) is 10.1. The maximum atomic E-state index is 13.2. The van der Waals surface area contributed by atoms with Gasteiger partial charge in [0.2, 0.25) is 10.0 Å². The van der Waals surface area contributed by atoms with Crippen LogP contribution in [-0.4, -0.2) is 65.9 Å². The van der Waals surface area contributed by atoms with Crippen LogP contribution < -0.4 is 14.8 Å². The van der Waals surface area contributed by atoms with E-state index >= 15 is 0 Å². The van der Waals surface area contributed by atoms with E-state index in [9.17, 15) is 18.0 Å². The normalized spacial score (nSPS) is 12.7. The van der Waals surface area contributed by atoms with Gasteiger partial charge in [-0.05, 0) is 64.3 Å². The molecule has 0 aliphatic heterocycles. The number of H-pyrrole nitrogens is 1. The van der Waals surface area contributed by atoms with Crippen LogP contribution in [0.3, 0.4) is 0 Å². The summed E-state index contributed by atoms with van der Waals surface area (Å²) < 4.78 is 41.0. The van der Waals surface area contributed by atoms with E-state index in [0.717, 1.165) is 37.8 Å². The van der Waals surface area contributed by atoms with E-state index in [1.165, 1.54) is 44.2 Å². The van der Waals surface area contributed by atoms with E-state index in [1.807, 2.05) is 27.7 Å². The number of nitrogens with zero attached hydrogens (tertiary/aromatic N) is 3. The molecule has 1 unspecified atom stereocenters. The summed E-state index contributed by atoms with van der Waals surface area (Å²) in [7, 11) is -3.62. The Hall–Kier alpha value is -3.16. The van der Waals surface area contributed by atoms with Crippen molar-refractivity contribution in [3.05, 3.63) is 40.8 Å². The molecule has 3 aromatic rings. The Kier molecular flexibility index (Phi) is 15.7. The fourth-order valence-corrected chi connectivity index (χ4v) is 6.43. The van der Waals surface area contributed by atoms with Gasteiger partial charge in [0.1, 0.15) is 17.4 Å². The van der Waals surface area contributed by atoms with Crippen LogP contribution in [0, 0.1) is 6.92 Å². The molecule has 0 aliphatic carbocycles. The molecule has 3 N–H and O–H groups in total. The summed E-state index contributed by atoms with van der Waals surface area (Å²) in [6.45, 7) is 10.3. The molecule has 268 valence electrons. The minimum absolute atomic E-state index is 0.0213. The number of sulfonamides is 1. The van der Waals surface area contributed by atoms with Crippen molar-refractivity contribution in [1.29, 1.82) is 0 Å². The minimum Gasteiger partial charge on any atom is -0.481 e. The molecule has 0 saturated heterocycles. The molecule has 3 rings (SSSR count). The first-order valence-corrected chi connectivity index (χ1v) is 19.0. The van der Waals surface area contributed by atoms with Gasteiger partial charge in [0.25, 0.3) is 5.91 Å². The number of aromatic nitrogens is 4. The second kappa shape index (κ2) is 19.1. The number of amides is 1. The second-order valence-corrected chi connectivity index (χ2v) is 15.1. The molecular weight excluding hydrogens is 656 g/mol. The van der Waals surface area contributed by atoms with Gasteiger partial charge in [-0.25, -0.2) is 17.7 Å². The van der Waals surface area contributed by atoms with E-state index in [4.69, 9.17) is 21.1 Å². The molecule has 0 radical (unpaired) electrons. The lowest BCUT2D eigenvalue weighted by atomic mass is 9.94. The summed E-state index contributed by atoms with van der Waals surface area (Å²) in [6, 6.07) is 6.07. The van der Waals surface area contributed by atoms with Crippen LogP contribution in [0.15, 0.2) is 29.2 Å². The first-order chi connectivity index (χ1) is 22.9. The van der Waals surface area contributed by atoms with Gasteiger partial charge in [-0.15, -0.1) is 10.2 Å². The molecule has 14 heteroatoms. The first-order valence-electron chi connectivity index (χ1n) is 17.2. The third kappa shape index (κ3) is 11.8. The average Bonchev–Trinajstić information content (AvgIpc) is 3.60. The number of esters is 1. The summed E-state index contributed by atoms with van der Waals surface area (Å²) in [6.07, 6.45) is 10.3. The van der Waals surface area contributed by atoms with Gasteiger partial charge in [-0.1, -0.05) is 76.8 Å². The second-order valence-electron chi connectivity index (χ2n) is 12.9. The number of carbonyl (C=O) groups excluding carboxylic acids is 2. The molecule has 0 bridgehead atoms. The fourth-order valence-electron chi connectivity index (χ4n) is 5.19. The summed E-state index contributed by atoms with van der Waals surface area (Å²) in [5.41, 5.74) is 0.612. The van der Waals surface area contributed by atoms with Crippen LogP contribution in [0.1, 0.15) is 116 Å². The summed E-state index contributed by atoms with van der Waals surface area (Å²) in [5, 5.41) is 14.8. The smallest absolute Gasteiger partial charge is 0.307 e. The van der Waals surface area contributed by atoms with Crippen molar-refractivity contribution in [2.75, 3.05) is 19.7 Å². The zero-order chi connectivity index (χ0) is 35.2. The van der Waals surface area contributed by atoms with E-state index in [1.54, 1.807) is 16.6 Å². The van der Waals surface area contributed by atoms with Gasteiger partial charge >= 0.3 is 5.97 Å². The van der Waals surface area contributed by atoms with Crippen LogP contribution in [0.2, 0.25) is 5.02 Å². The van der Waals surface area contributed by atoms with Crippen molar-refractivity contribution in [3.8, 4) is 5.75 Å². The number of halogens is 1. The van der Waals surface area contributed by atoms with Gasteiger partial charge < -0.3 is 14.8 Å². The zero-order valence-electron chi connectivity index (χ0n) is 29.1. The van der Waals surface area contributed by atoms with E-state index in [0.29, 0.717) is 35.2 Å². The van der Waals surface area contributed by atoms with E-state index < -0.39 is 27.5 Å². The van der Waals surface area contributed by atoms with Gasteiger partial charge in [0.15, 0.2) is 17.6 Å². The number of aryl methyl sites for hydroxylation is 1. The highest BCUT2D eigenvalue weighted by atomic mass is 35.5. The monoisotopic (exact) mass is 708 g/mol. The molecular formula is C34H53ClN6O6S. The number of hydrogen-bond acceptors (Lipinski definition) is 8. The molecule has 1 aromatic carbocycles. The number of ether oxygens (including phenoxy) is 2. The predicted octanol–water partition coefficient (Wildman–Crippen LogP) is 6.40. The van der Waals surface area contributed by atoms with Gasteiger partial charge in [0.05, 0.1) is 22.4 Å². The summed E-state index contributed by atoms with van der Waals surface area (Å²) in [4.78, 5) is 26.0. The molecule has 0 spiro atoms. The van der Waals surface area contributed by atoms with E-state index in [2.05, 4.69) is 32.3 Å². The number of fused-ring (bicyclic) bond motifs is 1. The number of hydrogen-bond donors (Lipinski definition) is 3. The molecule has 2 heterocycles. The van der Waals surface area contributed by atoms with Crippen molar-refractivity contribution < 1.29 is 27.5 Å². The number of rotatable bonds is 23. The number of aromatic amines is 1. The summed E-state index contributed by atoms with van der Waals surface area (Å²) in [5.74, 6) is 0.168. The quantitative estimate of drug-likeness (QED) is 0.0754. The molecule has 12 nitrogen and oxygen atoms in total. The number of benzene rings is 1. The zero-order valence-corrected chi connectivity index (χ0v) is 30.6. The Morgan fingerprint density at radius 3 is 2.27 bits per heavy atom. The third-order valence-electron chi connectivity index (χ3n) is 8.14. The largest absolute Gasteiger partial charge is 0.481 e. The number of carbonyl (C=O) groups is 2. The van der Waals surface area contributed by atoms with Crippen LogP contribution in [-0.2, 0) is 29.8 Å². The molecule has 1 atom stereocenters. The Labute approximate surface area is 290 Å². The highest BCUT2D eigenvalue weighted by molar-refractivity contribution is 7.89. The van der Waals surface area contributed by atoms with Crippen molar-refractivity contribution >= 4 is 39.1 Å². The van der Waals surface area contributed by atoms with Crippen LogP contribution in [0.4, 0.5) is 0 Å². The first kappa shape index (κ1) is 39.3. The van der Waals surface area contributed by atoms with Crippen LogP contribution in [0.5, 0.6) is 5.75 Å². The Morgan fingerprint density at radius 2 is 1.60 bits per heavy atom.